The summed E-state index contributed by atoms with van der Waals surface area (Å²) in [6.07, 6.45) is -1.55. The van der Waals surface area contributed by atoms with Gasteiger partial charge in [-0.2, -0.15) is 0 Å². The molecule has 9 nitrogen and oxygen atoms in total. The zero-order chi connectivity index (χ0) is 18.4. The number of ketones is 1. The predicted molar refractivity (Wildman–Crippen MR) is 79.4 cm³/mol. The Kier molecular flexibility index (Phi) is 7.84. The molecule has 4 N–H and O–H groups in total. The maximum atomic E-state index is 11.8. The second kappa shape index (κ2) is 8.59. The fourth-order valence-electron chi connectivity index (χ4n) is 1.97. The number of likely N-dealkylation sites (N-methyl/N-ethyl adjacent to an activating group) is 1. The Balaban J connectivity index is 5.01. The van der Waals surface area contributed by atoms with Crippen LogP contribution in [0.15, 0.2) is 0 Å². The Bertz CT molecular complexity index is 456. The summed E-state index contributed by atoms with van der Waals surface area (Å²) in [4.78, 5) is 45.3. The fourth-order valence-corrected chi connectivity index (χ4v) is 1.97. The number of aliphatic carboxylic acids is 2. The molecule has 23 heavy (non-hydrogen) atoms. The number of nitrogens with zero attached hydrogens (tertiary/aromatic N) is 1. The molecule has 0 aliphatic heterocycles. The number of esters is 1. The van der Waals surface area contributed by atoms with Gasteiger partial charge in [0.25, 0.3) is 0 Å². The lowest BCUT2D eigenvalue weighted by molar-refractivity contribution is -0.873. The standard InChI is InChI=1S/C14H24N2O7/c1-8(17)12(14(21)22)10(7-16(2,3)4)23-11(18)6-5-9(15)13(19)20/h9-10,12H,5-7,15H2,1-4H3,(H-,19,20,21,22)/p+1/t9-,10?,12?/m0/s1. The van der Waals surface area contributed by atoms with Crippen molar-refractivity contribution in [1.82, 2.24) is 0 Å². The third-order valence-corrected chi connectivity index (χ3v) is 3.06. The monoisotopic (exact) mass is 333 g/mol. The third kappa shape index (κ3) is 8.27. The maximum Gasteiger partial charge on any atom is 0.320 e. The van der Waals surface area contributed by atoms with Gasteiger partial charge in [0.1, 0.15) is 18.4 Å². The van der Waals surface area contributed by atoms with Gasteiger partial charge in [-0.1, -0.05) is 0 Å². The number of hydrogen-bond donors (Lipinski definition) is 3. The smallest absolute Gasteiger partial charge is 0.320 e. The highest BCUT2D eigenvalue weighted by atomic mass is 16.5. The first kappa shape index (κ1) is 21.0. The van der Waals surface area contributed by atoms with Crippen LogP contribution in [0.2, 0.25) is 0 Å². The van der Waals surface area contributed by atoms with Gasteiger partial charge in [0.2, 0.25) is 0 Å². The van der Waals surface area contributed by atoms with Crippen LogP contribution < -0.4 is 5.73 Å². The van der Waals surface area contributed by atoms with Crippen molar-refractivity contribution in [2.75, 3.05) is 27.7 Å². The third-order valence-electron chi connectivity index (χ3n) is 3.06. The van der Waals surface area contributed by atoms with Gasteiger partial charge in [0.05, 0.1) is 21.1 Å². The lowest BCUT2D eigenvalue weighted by Crippen LogP contribution is -2.49. The minimum absolute atomic E-state index is 0.118. The molecule has 0 amide bonds. The number of ether oxygens (including phenoxy) is 1. The summed E-state index contributed by atoms with van der Waals surface area (Å²) in [7, 11) is 5.29. The Labute approximate surface area is 134 Å². The van der Waals surface area contributed by atoms with Gasteiger partial charge in [0.15, 0.2) is 12.0 Å². The second-order valence-electron chi connectivity index (χ2n) is 6.41. The summed E-state index contributed by atoms with van der Waals surface area (Å²) in [6.45, 7) is 1.24. The predicted octanol–water partition coefficient (Wildman–Crippen LogP) is -0.914. The second-order valence-corrected chi connectivity index (χ2v) is 6.41. The van der Waals surface area contributed by atoms with E-state index < -0.39 is 41.8 Å². The number of carbonyl (C=O) groups is 4. The molecule has 0 saturated carbocycles. The summed E-state index contributed by atoms with van der Waals surface area (Å²) in [6, 6.07) is -1.21. The normalized spacial score (nSPS) is 15.3. The lowest BCUT2D eigenvalue weighted by atomic mass is 9.97. The molecule has 0 spiro atoms. The summed E-state index contributed by atoms with van der Waals surface area (Å²) < 4.78 is 5.42. The van der Waals surface area contributed by atoms with E-state index in [4.69, 9.17) is 15.6 Å². The average Bonchev–Trinajstić information content (AvgIpc) is 2.32. The van der Waals surface area contributed by atoms with Crippen LogP contribution >= 0.6 is 0 Å². The van der Waals surface area contributed by atoms with E-state index in [-0.39, 0.29) is 23.9 Å². The molecule has 0 aromatic heterocycles. The number of carboxylic acids is 2. The van der Waals surface area contributed by atoms with Gasteiger partial charge < -0.3 is 25.2 Å². The molecular formula is C14H25N2O7+. The molecule has 132 valence electrons. The van der Waals surface area contributed by atoms with E-state index in [0.717, 1.165) is 6.92 Å². The average molecular weight is 333 g/mol. The number of rotatable bonds is 10. The Morgan fingerprint density at radius 1 is 1.09 bits per heavy atom. The van der Waals surface area contributed by atoms with Crippen molar-refractivity contribution in [3.8, 4) is 0 Å². The van der Waals surface area contributed by atoms with Crippen LogP contribution in [0.25, 0.3) is 0 Å². The van der Waals surface area contributed by atoms with E-state index in [1.54, 1.807) is 21.1 Å². The first-order chi connectivity index (χ1) is 10.3. The van der Waals surface area contributed by atoms with Crippen LogP contribution in [0.3, 0.4) is 0 Å². The maximum absolute atomic E-state index is 11.8. The molecule has 2 unspecified atom stereocenters. The lowest BCUT2D eigenvalue weighted by Gasteiger charge is -2.31. The summed E-state index contributed by atoms with van der Waals surface area (Å²) in [5.74, 6) is -5.48. The molecule has 9 heteroatoms. The van der Waals surface area contributed by atoms with E-state index in [1.807, 2.05) is 0 Å². The number of carboxylic acid groups (broad SMARTS) is 2. The zero-order valence-corrected chi connectivity index (χ0v) is 13.8. The van der Waals surface area contributed by atoms with Gasteiger partial charge in [-0.25, -0.2) is 0 Å². The van der Waals surface area contributed by atoms with E-state index in [0.29, 0.717) is 0 Å². The Morgan fingerprint density at radius 3 is 1.96 bits per heavy atom. The topological polar surface area (TPSA) is 144 Å². The van der Waals surface area contributed by atoms with E-state index in [2.05, 4.69) is 0 Å². The van der Waals surface area contributed by atoms with Gasteiger partial charge >= 0.3 is 17.9 Å². The first-order valence-corrected chi connectivity index (χ1v) is 7.06. The van der Waals surface area contributed by atoms with Gasteiger partial charge in [-0.3, -0.25) is 19.2 Å². The molecule has 0 aromatic rings. The Hall–Kier alpha value is -2.00. The van der Waals surface area contributed by atoms with Crippen molar-refractivity contribution in [1.29, 1.82) is 0 Å². The molecule has 0 aromatic carbocycles. The van der Waals surface area contributed by atoms with Crippen molar-refractivity contribution >= 4 is 23.7 Å². The number of quaternary nitrogens is 1. The van der Waals surface area contributed by atoms with E-state index in [1.165, 1.54) is 0 Å². The fraction of sp³-hybridized carbons (Fsp3) is 0.714. The van der Waals surface area contributed by atoms with Crippen LogP contribution in [0, 0.1) is 5.92 Å². The van der Waals surface area contributed by atoms with Gasteiger partial charge in [-0.15, -0.1) is 0 Å². The van der Waals surface area contributed by atoms with Crippen LogP contribution in [-0.4, -0.2) is 78.2 Å². The molecule has 0 rings (SSSR count). The minimum Gasteiger partial charge on any atom is -0.481 e. The minimum atomic E-state index is -1.47. The molecule has 0 aliphatic rings. The molecule has 0 saturated heterocycles. The SMILES string of the molecule is CC(=O)C(C(=O)O)C(C[N+](C)(C)C)OC(=O)CC[C@H](N)C(=O)O. The summed E-state index contributed by atoms with van der Waals surface area (Å²) in [5, 5.41) is 17.9. The number of nitrogens with two attached hydrogens (primary N) is 1. The van der Waals surface area contributed by atoms with Crippen molar-refractivity contribution in [2.45, 2.75) is 31.9 Å². The van der Waals surface area contributed by atoms with Crippen LogP contribution in [0.5, 0.6) is 0 Å². The quantitative estimate of drug-likeness (QED) is 0.265. The highest BCUT2D eigenvalue weighted by Crippen LogP contribution is 2.15. The Morgan fingerprint density at radius 2 is 1.61 bits per heavy atom. The largest absolute Gasteiger partial charge is 0.481 e. The molecule has 0 radical (unpaired) electrons. The molecule has 0 heterocycles. The molecule has 0 aliphatic carbocycles. The van der Waals surface area contributed by atoms with Gasteiger partial charge in [0, 0.05) is 6.42 Å². The van der Waals surface area contributed by atoms with Crippen molar-refractivity contribution < 1.29 is 38.6 Å². The number of Topliss-reactive ketones (excluding diaryl/α,β-unsaturated/α-hetero) is 1. The van der Waals surface area contributed by atoms with Crippen molar-refractivity contribution in [2.24, 2.45) is 11.7 Å². The van der Waals surface area contributed by atoms with E-state index >= 15 is 0 Å². The molecular weight excluding hydrogens is 308 g/mol. The number of hydrogen-bond acceptors (Lipinski definition) is 6. The van der Waals surface area contributed by atoms with Crippen molar-refractivity contribution in [3.05, 3.63) is 0 Å². The van der Waals surface area contributed by atoms with Crippen LogP contribution in [0.1, 0.15) is 19.8 Å². The van der Waals surface area contributed by atoms with Crippen LogP contribution in [0.4, 0.5) is 0 Å². The highest BCUT2D eigenvalue weighted by Gasteiger charge is 2.38. The molecule has 0 bridgehead atoms. The zero-order valence-electron chi connectivity index (χ0n) is 13.8. The first-order valence-electron chi connectivity index (χ1n) is 7.06. The van der Waals surface area contributed by atoms with Crippen LogP contribution in [-0.2, 0) is 23.9 Å². The van der Waals surface area contributed by atoms with Crippen molar-refractivity contribution in [3.63, 3.8) is 0 Å². The highest BCUT2D eigenvalue weighted by molar-refractivity contribution is 5.97. The number of carbonyl (C=O) groups excluding carboxylic acids is 2. The molecule has 3 atom stereocenters. The summed E-state index contributed by atoms with van der Waals surface area (Å²) >= 11 is 0. The van der Waals surface area contributed by atoms with E-state index in [9.17, 15) is 24.3 Å². The molecule has 0 fully saturated rings. The van der Waals surface area contributed by atoms with Gasteiger partial charge in [-0.05, 0) is 13.3 Å². The summed E-state index contributed by atoms with van der Waals surface area (Å²) in [5.41, 5.74) is 5.29.